The van der Waals surface area contributed by atoms with Crippen molar-refractivity contribution in [3.05, 3.63) is 52.7 Å². The molecule has 18 heavy (non-hydrogen) atoms. The first-order chi connectivity index (χ1) is 8.63. The van der Waals surface area contributed by atoms with Crippen LogP contribution in [-0.4, -0.2) is 14.3 Å². The van der Waals surface area contributed by atoms with Gasteiger partial charge in [-0.2, -0.15) is 0 Å². The van der Waals surface area contributed by atoms with Crippen LogP contribution >= 0.6 is 0 Å². The molecule has 0 aliphatic carbocycles. The van der Waals surface area contributed by atoms with Crippen molar-refractivity contribution in [2.75, 3.05) is 0 Å². The number of hydrogen-bond donors (Lipinski definition) is 2. The van der Waals surface area contributed by atoms with Gasteiger partial charge in [-0.3, -0.25) is 9.13 Å². The van der Waals surface area contributed by atoms with Gasteiger partial charge in [0.15, 0.2) is 0 Å². The molecule has 1 heterocycles. The van der Waals surface area contributed by atoms with Crippen molar-refractivity contribution >= 4 is 0 Å². The average molecular weight is 247 g/mol. The lowest BCUT2D eigenvalue weighted by molar-refractivity contribution is 0.161. The Hall–Kier alpha value is -1.85. The van der Waals surface area contributed by atoms with E-state index in [0.717, 1.165) is 11.3 Å². The second-order valence-electron chi connectivity index (χ2n) is 4.46. The Morgan fingerprint density at radius 1 is 1.33 bits per heavy atom. The van der Waals surface area contributed by atoms with Crippen LogP contribution in [0.15, 0.2) is 41.5 Å². The molecule has 96 valence electrons. The highest BCUT2D eigenvalue weighted by Crippen LogP contribution is 2.10. The highest BCUT2D eigenvalue weighted by molar-refractivity contribution is 5.35. The van der Waals surface area contributed by atoms with E-state index in [4.69, 9.17) is 5.21 Å². The summed E-state index contributed by atoms with van der Waals surface area (Å²) in [5.41, 5.74) is 3.77. The van der Waals surface area contributed by atoms with Crippen LogP contribution in [0.3, 0.4) is 0 Å². The monoisotopic (exact) mass is 247 g/mol. The Labute approximate surface area is 105 Å². The summed E-state index contributed by atoms with van der Waals surface area (Å²) in [5.74, 6) is 0. The first-order valence-electron chi connectivity index (χ1n) is 5.89. The third-order valence-electron chi connectivity index (χ3n) is 2.83. The molecule has 0 fully saturated rings. The normalized spacial score (nSPS) is 11.1. The summed E-state index contributed by atoms with van der Waals surface area (Å²) in [7, 11) is 0. The molecule has 2 aromatic rings. The van der Waals surface area contributed by atoms with Gasteiger partial charge in [0.1, 0.15) is 0 Å². The van der Waals surface area contributed by atoms with E-state index < -0.39 is 0 Å². The second kappa shape index (κ2) is 5.20. The van der Waals surface area contributed by atoms with Crippen LogP contribution in [0.1, 0.15) is 25.5 Å². The fourth-order valence-corrected chi connectivity index (χ4v) is 1.89. The number of aromatic nitrogens is 2. The Balaban J connectivity index is 2.43. The molecule has 0 saturated carbocycles. The molecular weight excluding hydrogens is 230 g/mol. The lowest BCUT2D eigenvalue weighted by Gasteiger charge is -2.06. The van der Waals surface area contributed by atoms with E-state index >= 15 is 0 Å². The molecule has 0 aliphatic heterocycles. The van der Waals surface area contributed by atoms with Crippen molar-refractivity contribution in [1.82, 2.24) is 14.6 Å². The van der Waals surface area contributed by atoms with Gasteiger partial charge in [-0.25, -0.2) is 10.3 Å². The van der Waals surface area contributed by atoms with Crippen LogP contribution < -0.4 is 11.2 Å². The van der Waals surface area contributed by atoms with Gasteiger partial charge in [-0.1, -0.05) is 12.1 Å². The van der Waals surface area contributed by atoms with Crippen LogP contribution in [-0.2, 0) is 6.54 Å². The predicted molar refractivity (Wildman–Crippen MR) is 69.0 cm³/mol. The number of benzene rings is 1. The maximum absolute atomic E-state index is 12.1. The number of rotatable bonds is 4. The maximum Gasteiger partial charge on any atom is 0.332 e. The number of hydrogen-bond acceptors (Lipinski definition) is 3. The average Bonchev–Trinajstić information content (AvgIpc) is 2.72. The Morgan fingerprint density at radius 2 is 2.11 bits per heavy atom. The molecule has 0 saturated heterocycles. The van der Waals surface area contributed by atoms with Crippen molar-refractivity contribution in [3.63, 3.8) is 0 Å². The van der Waals surface area contributed by atoms with Gasteiger partial charge >= 0.3 is 5.69 Å². The van der Waals surface area contributed by atoms with E-state index in [9.17, 15) is 4.79 Å². The fourth-order valence-electron chi connectivity index (χ4n) is 1.89. The number of nitrogens with zero attached hydrogens (tertiary/aromatic N) is 2. The molecule has 0 unspecified atom stereocenters. The van der Waals surface area contributed by atoms with Crippen LogP contribution in [0, 0.1) is 0 Å². The van der Waals surface area contributed by atoms with E-state index in [0.29, 0.717) is 6.54 Å². The Morgan fingerprint density at radius 3 is 2.72 bits per heavy atom. The van der Waals surface area contributed by atoms with Crippen molar-refractivity contribution in [2.45, 2.75) is 26.4 Å². The Bertz CT molecular complexity index is 584. The van der Waals surface area contributed by atoms with Gasteiger partial charge in [0.2, 0.25) is 0 Å². The molecule has 2 rings (SSSR count). The molecule has 1 aromatic heterocycles. The summed E-state index contributed by atoms with van der Waals surface area (Å²) in [6, 6.07) is 7.63. The predicted octanol–water partition coefficient (Wildman–Crippen LogP) is 1.70. The summed E-state index contributed by atoms with van der Waals surface area (Å²) in [6.45, 7) is 4.29. The zero-order valence-corrected chi connectivity index (χ0v) is 10.5. The third kappa shape index (κ3) is 2.37. The highest BCUT2D eigenvalue weighted by Gasteiger charge is 2.07. The molecular formula is C13H17N3O2. The van der Waals surface area contributed by atoms with Crippen molar-refractivity contribution in [2.24, 2.45) is 0 Å². The molecule has 5 nitrogen and oxygen atoms in total. The van der Waals surface area contributed by atoms with Crippen LogP contribution in [0.25, 0.3) is 5.69 Å². The van der Waals surface area contributed by atoms with E-state index in [2.05, 4.69) is 5.48 Å². The van der Waals surface area contributed by atoms with Crippen LogP contribution in [0.2, 0.25) is 0 Å². The second-order valence-corrected chi connectivity index (χ2v) is 4.46. The first-order valence-corrected chi connectivity index (χ1v) is 5.89. The van der Waals surface area contributed by atoms with Gasteiger partial charge in [-0.05, 0) is 31.5 Å². The maximum atomic E-state index is 12.1. The summed E-state index contributed by atoms with van der Waals surface area (Å²) in [5, 5.41) is 8.69. The molecule has 0 atom stereocenters. The standard InChI is InChI=1S/C13H17N3O2/c1-10(2)15-6-7-16(13(15)17)12-5-3-4-11(8-12)9-14-18/h3-8,10,14,18H,9H2,1-2H3. The van der Waals surface area contributed by atoms with E-state index in [1.54, 1.807) is 21.5 Å². The minimum absolute atomic E-state index is 0.0564. The van der Waals surface area contributed by atoms with E-state index in [1.165, 1.54) is 0 Å². The summed E-state index contributed by atoms with van der Waals surface area (Å²) in [4.78, 5) is 12.1. The minimum Gasteiger partial charge on any atom is -0.316 e. The van der Waals surface area contributed by atoms with Crippen LogP contribution in [0.5, 0.6) is 0 Å². The van der Waals surface area contributed by atoms with Crippen molar-refractivity contribution in [3.8, 4) is 5.69 Å². The van der Waals surface area contributed by atoms with Gasteiger partial charge in [0.25, 0.3) is 0 Å². The number of nitrogens with one attached hydrogen (secondary N) is 1. The Kier molecular flexibility index (Phi) is 3.64. The lowest BCUT2D eigenvalue weighted by Crippen LogP contribution is -2.24. The number of hydroxylamine groups is 1. The SMILES string of the molecule is CC(C)n1ccn(-c2cccc(CNO)c2)c1=O. The molecule has 5 heteroatoms. The molecule has 0 radical (unpaired) electrons. The van der Waals surface area contributed by atoms with E-state index in [-0.39, 0.29) is 11.7 Å². The summed E-state index contributed by atoms with van der Waals surface area (Å²) < 4.78 is 3.28. The highest BCUT2D eigenvalue weighted by atomic mass is 16.5. The van der Waals surface area contributed by atoms with Gasteiger partial charge in [0, 0.05) is 25.0 Å². The van der Waals surface area contributed by atoms with E-state index in [1.807, 2.05) is 38.1 Å². The third-order valence-corrected chi connectivity index (χ3v) is 2.83. The van der Waals surface area contributed by atoms with Crippen molar-refractivity contribution in [1.29, 1.82) is 0 Å². The molecule has 2 N–H and O–H groups in total. The van der Waals surface area contributed by atoms with Gasteiger partial charge in [-0.15, -0.1) is 0 Å². The van der Waals surface area contributed by atoms with Crippen LogP contribution in [0.4, 0.5) is 0 Å². The summed E-state index contributed by atoms with van der Waals surface area (Å²) >= 11 is 0. The zero-order chi connectivity index (χ0) is 13.1. The quantitative estimate of drug-likeness (QED) is 0.808. The smallest absolute Gasteiger partial charge is 0.316 e. The summed E-state index contributed by atoms with van der Waals surface area (Å²) in [6.07, 6.45) is 3.54. The lowest BCUT2D eigenvalue weighted by atomic mass is 10.2. The van der Waals surface area contributed by atoms with Crippen molar-refractivity contribution < 1.29 is 5.21 Å². The first kappa shape index (κ1) is 12.6. The largest absolute Gasteiger partial charge is 0.332 e. The van der Waals surface area contributed by atoms with Gasteiger partial charge in [0.05, 0.1) is 5.69 Å². The minimum atomic E-state index is -0.0564. The zero-order valence-electron chi connectivity index (χ0n) is 10.5. The topological polar surface area (TPSA) is 59.2 Å². The van der Waals surface area contributed by atoms with Gasteiger partial charge < -0.3 is 5.21 Å². The fraction of sp³-hybridized carbons (Fsp3) is 0.308. The molecule has 0 bridgehead atoms. The number of imidazole rings is 1. The molecule has 0 aliphatic rings. The molecule has 0 amide bonds. The molecule has 0 spiro atoms. The molecule has 1 aromatic carbocycles.